The maximum atomic E-state index is 10.1. The lowest BCUT2D eigenvalue weighted by Crippen LogP contribution is -1.96. The van der Waals surface area contributed by atoms with Crippen molar-refractivity contribution in [1.29, 1.82) is 0 Å². The minimum atomic E-state index is 0.0506. The summed E-state index contributed by atoms with van der Waals surface area (Å²) in [6.45, 7) is 5.91. The fourth-order valence-corrected chi connectivity index (χ4v) is 2.07. The van der Waals surface area contributed by atoms with Gasteiger partial charge in [-0.05, 0) is 19.1 Å². The van der Waals surface area contributed by atoms with Gasteiger partial charge in [0.2, 0.25) is 0 Å². The zero-order chi connectivity index (χ0) is 16.4. The Morgan fingerprint density at radius 1 is 1.23 bits per heavy atom. The van der Waals surface area contributed by atoms with Gasteiger partial charge in [0.25, 0.3) is 0 Å². The first-order valence-corrected chi connectivity index (χ1v) is 7.33. The number of rotatable bonds is 3. The molecule has 0 aromatic carbocycles. The second-order valence-corrected chi connectivity index (χ2v) is 5.00. The van der Waals surface area contributed by atoms with Crippen LogP contribution in [0.2, 0.25) is 0 Å². The molecule has 3 N–H and O–H groups in total. The number of aliphatic hydroxyl groups excluding tert-OH is 1. The number of aromatic hydroxyl groups is 1. The largest absolute Gasteiger partial charge is 0.506 e. The molecule has 6 heteroatoms. The summed E-state index contributed by atoms with van der Waals surface area (Å²) in [5.41, 5.74) is 2.19. The van der Waals surface area contributed by atoms with E-state index in [0.717, 1.165) is 17.8 Å². The molecule has 2 rings (SSSR count). The van der Waals surface area contributed by atoms with Gasteiger partial charge < -0.3 is 15.5 Å². The Hall–Kier alpha value is -2.44. The normalized spacial score (nSPS) is 9.05. The van der Waals surface area contributed by atoms with Gasteiger partial charge in [-0.15, -0.1) is 11.3 Å². The van der Waals surface area contributed by atoms with Crippen LogP contribution < -0.4 is 5.32 Å². The highest BCUT2D eigenvalue weighted by atomic mass is 32.1. The van der Waals surface area contributed by atoms with E-state index in [1.54, 1.807) is 18.5 Å². The van der Waals surface area contributed by atoms with Gasteiger partial charge in [-0.1, -0.05) is 24.3 Å². The summed E-state index contributed by atoms with van der Waals surface area (Å²) in [6.07, 6.45) is 4.71. The first-order valence-electron chi connectivity index (χ1n) is 6.45. The van der Waals surface area contributed by atoms with Gasteiger partial charge in [-0.3, -0.25) is 4.98 Å². The molecule has 0 bridgehead atoms. The summed E-state index contributed by atoms with van der Waals surface area (Å²) in [4.78, 5) is 8.13. The van der Waals surface area contributed by atoms with Crippen LogP contribution in [0.4, 0.5) is 5.13 Å². The SMILES string of the molecule is C=C(Nc1nccs1)c1ccc(C)cccncc1O.CO. The molecule has 2 heterocycles. The van der Waals surface area contributed by atoms with Gasteiger partial charge in [-0.2, -0.15) is 0 Å². The zero-order valence-electron chi connectivity index (χ0n) is 12.5. The molecule has 0 aliphatic heterocycles. The number of hydrogen-bond acceptors (Lipinski definition) is 6. The van der Waals surface area contributed by atoms with Crippen molar-refractivity contribution in [3.63, 3.8) is 0 Å². The van der Waals surface area contributed by atoms with Crippen LogP contribution in [-0.4, -0.2) is 27.3 Å². The van der Waals surface area contributed by atoms with Gasteiger partial charge in [0.05, 0.1) is 6.20 Å². The molecule has 5 nitrogen and oxygen atoms in total. The van der Waals surface area contributed by atoms with Crippen LogP contribution in [0.25, 0.3) is 5.70 Å². The van der Waals surface area contributed by atoms with Crippen LogP contribution in [0.3, 0.4) is 0 Å². The fourth-order valence-electron chi connectivity index (χ4n) is 1.52. The van der Waals surface area contributed by atoms with E-state index in [1.807, 2.05) is 30.5 Å². The monoisotopic (exact) mass is 317 g/mol. The molecule has 0 unspecified atom stereocenters. The summed E-state index contributed by atoms with van der Waals surface area (Å²) in [5.74, 6) is 0.0506. The standard InChI is InChI=1S/C15H15N3OS.CH4O/c1-11-4-3-7-16-10-14(19)13(6-5-11)12(2)18-15-17-8-9-20-15;1-2/h3-10,19H,2H2,1H3,(H,17,18);2H,1H3. The van der Waals surface area contributed by atoms with Crippen molar-refractivity contribution >= 4 is 22.2 Å². The first kappa shape index (κ1) is 17.6. The minimum Gasteiger partial charge on any atom is -0.506 e. The molecule has 0 aliphatic rings. The van der Waals surface area contributed by atoms with Crippen molar-refractivity contribution in [1.82, 2.24) is 9.97 Å². The molecule has 0 atom stereocenters. The van der Waals surface area contributed by atoms with Crippen molar-refractivity contribution in [2.75, 3.05) is 12.4 Å². The lowest BCUT2D eigenvalue weighted by atomic mass is 10.2. The van der Waals surface area contributed by atoms with E-state index in [9.17, 15) is 5.11 Å². The Morgan fingerprint density at radius 3 is 2.68 bits per heavy atom. The molecule has 0 fully saturated rings. The molecule has 0 aliphatic carbocycles. The molecule has 2 aromatic rings. The Bertz CT molecular complexity index is 656. The average molecular weight is 317 g/mol. The smallest absolute Gasteiger partial charge is 0.187 e. The highest BCUT2D eigenvalue weighted by Crippen LogP contribution is 2.24. The highest BCUT2D eigenvalue weighted by Gasteiger charge is 2.04. The summed E-state index contributed by atoms with van der Waals surface area (Å²) in [5, 5.41) is 22.7. The van der Waals surface area contributed by atoms with Crippen LogP contribution >= 0.6 is 11.3 Å². The van der Waals surface area contributed by atoms with Gasteiger partial charge in [0.1, 0.15) is 5.75 Å². The van der Waals surface area contributed by atoms with Crippen molar-refractivity contribution in [2.24, 2.45) is 0 Å². The molecule has 116 valence electrons. The number of nitrogens with one attached hydrogen (secondary N) is 1. The summed E-state index contributed by atoms with van der Waals surface area (Å²) < 4.78 is 0. The zero-order valence-corrected chi connectivity index (χ0v) is 13.3. The number of thiazole rings is 1. The predicted molar refractivity (Wildman–Crippen MR) is 91.2 cm³/mol. The molecule has 0 amide bonds. The van der Waals surface area contributed by atoms with Gasteiger partial charge in [-0.25, -0.2) is 4.98 Å². The van der Waals surface area contributed by atoms with Crippen LogP contribution in [0.5, 0.6) is 5.75 Å². The second kappa shape index (κ2) is 9.49. The average Bonchev–Trinajstić information content (AvgIpc) is 3.02. The van der Waals surface area contributed by atoms with E-state index in [1.165, 1.54) is 17.5 Å². The van der Waals surface area contributed by atoms with Crippen LogP contribution in [-0.2, 0) is 0 Å². The van der Waals surface area contributed by atoms with E-state index in [4.69, 9.17) is 5.11 Å². The quantitative estimate of drug-likeness (QED) is 0.809. The Labute approximate surface area is 134 Å². The third-order valence-electron chi connectivity index (χ3n) is 2.53. The number of aliphatic hydroxyl groups is 1. The number of nitrogens with zero attached hydrogens (tertiary/aromatic N) is 2. The molecule has 2 aromatic heterocycles. The van der Waals surface area contributed by atoms with Crippen molar-refractivity contribution in [3.8, 4) is 5.75 Å². The number of aromatic nitrogens is 2. The Balaban J connectivity index is 0.00000116. The maximum Gasteiger partial charge on any atom is 0.187 e. The summed E-state index contributed by atoms with van der Waals surface area (Å²) >= 11 is 1.47. The van der Waals surface area contributed by atoms with Crippen molar-refractivity contribution < 1.29 is 10.2 Å². The molecule has 0 saturated carbocycles. The molecular formula is C16H19N3O2S. The molecule has 0 spiro atoms. The summed E-state index contributed by atoms with van der Waals surface area (Å²) in [6, 6.07) is 7.46. The first-order chi connectivity index (χ1) is 10.7. The highest BCUT2D eigenvalue weighted by molar-refractivity contribution is 7.13. The Morgan fingerprint density at radius 2 is 2.00 bits per heavy atom. The second-order valence-electron chi connectivity index (χ2n) is 4.10. The lowest BCUT2D eigenvalue weighted by molar-refractivity contribution is 0.399. The van der Waals surface area contributed by atoms with Gasteiger partial charge in [0, 0.05) is 36.1 Å². The van der Waals surface area contributed by atoms with Crippen LogP contribution in [0.1, 0.15) is 11.1 Å². The van der Waals surface area contributed by atoms with E-state index < -0.39 is 0 Å². The van der Waals surface area contributed by atoms with Gasteiger partial charge in [0.15, 0.2) is 5.13 Å². The van der Waals surface area contributed by atoms with E-state index in [0.29, 0.717) is 11.3 Å². The van der Waals surface area contributed by atoms with E-state index >= 15 is 0 Å². The molecular weight excluding hydrogens is 298 g/mol. The third-order valence-corrected chi connectivity index (χ3v) is 3.22. The van der Waals surface area contributed by atoms with Crippen molar-refractivity contribution in [3.05, 3.63) is 65.9 Å². The minimum absolute atomic E-state index is 0.0506. The van der Waals surface area contributed by atoms with Crippen LogP contribution in [0, 0.1) is 6.92 Å². The number of anilines is 1. The molecule has 22 heavy (non-hydrogen) atoms. The summed E-state index contributed by atoms with van der Waals surface area (Å²) in [7, 11) is 1.00. The molecule has 0 saturated heterocycles. The van der Waals surface area contributed by atoms with E-state index in [2.05, 4.69) is 21.9 Å². The van der Waals surface area contributed by atoms with Crippen molar-refractivity contribution in [2.45, 2.75) is 6.92 Å². The Kier molecular flexibility index (Phi) is 7.60. The molecule has 0 radical (unpaired) electrons. The van der Waals surface area contributed by atoms with Crippen LogP contribution in [0.15, 0.2) is 54.8 Å². The number of aryl methyl sites for hydroxylation is 1. The van der Waals surface area contributed by atoms with E-state index in [-0.39, 0.29) is 5.75 Å². The topological polar surface area (TPSA) is 78.3 Å². The maximum absolute atomic E-state index is 10.1. The predicted octanol–water partition coefficient (Wildman–Crippen LogP) is 3.37. The van der Waals surface area contributed by atoms with Gasteiger partial charge >= 0.3 is 0 Å². The third kappa shape index (κ3) is 5.51. The lowest BCUT2D eigenvalue weighted by Gasteiger charge is -2.07. The fraction of sp³-hybridized carbons (Fsp3) is 0.125. The number of hydrogen-bond donors (Lipinski definition) is 3.